The fourth-order valence-electron chi connectivity index (χ4n) is 2.01. The van der Waals surface area contributed by atoms with Crippen molar-refractivity contribution in [2.24, 2.45) is 0 Å². The third-order valence-electron chi connectivity index (χ3n) is 2.89. The summed E-state index contributed by atoms with van der Waals surface area (Å²) in [6.07, 6.45) is 1.65. The van der Waals surface area contributed by atoms with Gasteiger partial charge in [0.15, 0.2) is 10.4 Å². The molecule has 2 heterocycles. The van der Waals surface area contributed by atoms with E-state index in [4.69, 9.17) is 12.2 Å². The Kier molecular flexibility index (Phi) is 3.18. The summed E-state index contributed by atoms with van der Waals surface area (Å²) < 4.78 is 29.4. The van der Waals surface area contributed by atoms with Crippen molar-refractivity contribution in [3.63, 3.8) is 0 Å². The number of nitrogens with zero attached hydrogens (tertiary/aromatic N) is 2. The Bertz CT molecular complexity index is 885. The highest BCUT2D eigenvalue weighted by Gasteiger charge is 2.14. The molecule has 7 heteroatoms. The molecule has 0 unspecified atom stereocenters. The number of pyridine rings is 1. The van der Waals surface area contributed by atoms with Gasteiger partial charge < -0.3 is 4.98 Å². The van der Waals surface area contributed by atoms with E-state index in [1.807, 2.05) is 13.0 Å². The van der Waals surface area contributed by atoms with E-state index in [9.17, 15) is 8.78 Å². The number of rotatable bonds is 1. The van der Waals surface area contributed by atoms with Crippen molar-refractivity contribution in [2.75, 3.05) is 0 Å². The maximum atomic E-state index is 14.1. The van der Waals surface area contributed by atoms with Crippen LogP contribution in [0.25, 0.3) is 16.9 Å². The number of fused-ring (bicyclic) bond motifs is 1. The van der Waals surface area contributed by atoms with Crippen LogP contribution >= 0.6 is 28.1 Å². The average Bonchev–Trinajstić information content (AvgIpc) is 2.69. The maximum Gasteiger partial charge on any atom is 0.184 e. The first-order valence-electron chi connectivity index (χ1n) is 5.69. The molecule has 0 amide bonds. The van der Waals surface area contributed by atoms with Crippen LogP contribution in [0.3, 0.4) is 0 Å². The predicted octanol–water partition coefficient (Wildman–Crippen LogP) is 4.43. The Morgan fingerprint density at radius 2 is 2.00 bits per heavy atom. The quantitative estimate of drug-likeness (QED) is 0.517. The van der Waals surface area contributed by atoms with Gasteiger partial charge in [0.2, 0.25) is 0 Å². The van der Waals surface area contributed by atoms with Gasteiger partial charge in [-0.3, -0.25) is 4.57 Å². The van der Waals surface area contributed by atoms with Crippen molar-refractivity contribution in [3.8, 4) is 5.69 Å². The molecule has 3 rings (SSSR count). The van der Waals surface area contributed by atoms with Crippen LogP contribution in [-0.2, 0) is 0 Å². The van der Waals surface area contributed by atoms with E-state index >= 15 is 0 Å². The van der Waals surface area contributed by atoms with Crippen LogP contribution in [-0.4, -0.2) is 14.5 Å². The first-order chi connectivity index (χ1) is 9.47. The molecule has 1 aromatic carbocycles. The van der Waals surface area contributed by atoms with Crippen LogP contribution in [0.5, 0.6) is 0 Å². The molecular formula is C13H8BrF2N3S. The topological polar surface area (TPSA) is 33.6 Å². The van der Waals surface area contributed by atoms with Gasteiger partial charge in [-0.1, -0.05) is 0 Å². The zero-order valence-corrected chi connectivity index (χ0v) is 12.6. The molecule has 0 atom stereocenters. The number of benzene rings is 1. The maximum absolute atomic E-state index is 14.1. The minimum absolute atomic E-state index is 0.0262. The number of H-pyrrole nitrogens is 1. The summed E-state index contributed by atoms with van der Waals surface area (Å²) in [7, 11) is 0. The summed E-state index contributed by atoms with van der Waals surface area (Å²) in [5, 5.41) is 0. The van der Waals surface area contributed by atoms with E-state index in [1.54, 1.807) is 6.20 Å². The molecule has 0 saturated carbocycles. The molecule has 0 aliphatic heterocycles. The summed E-state index contributed by atoms with van der Waals surface area (Å²) in [6, 6.07) is 4.01. The molecule has 0 spiro atoms. The lowest BCUT2D eigenvalue weighted by Gasteiger charge is -2.07. The summed E-state index contributed by atoms with van der Waals surface area (Å²) in [4.78, 5) is 7.18. The number of imidazole rings is 1. The van der Waals surface area contributed by atoms with Crippen LogP contribution in [0.1, 0.15) is 5.56 Å². The predicted molar refractivity (Wildman–Crippen MR) is 78.6 cm³/mol. The van der Waals surface area contributed by atoms with Gasteiger partial charge in [-0.2, -0.15) is 0 Å². The Morgan fingerprint density at radius 1 is 1.25 bits per heavy atom. The first-order valence-corrected chi connectivity index (χ1v) is 6.90. The number of hydrogen-bond donors (Lipinski definition) is 1. The van der Waals surface area contributed by atoms with E-state index in [0.717, 1.165) is 17.7 Å². The van der Waals surface area contributed by atoms with Crippen molar-refractivity contribution >= 4 is 39.3 Å². The van der Waals surface area contributed by atoms with Crippen LogP contribution in [0.4, 0.5) is 8.78 Å². The van der Waals surface area contributed by atoms with E-state index in [-0.39, 0.29) is 14.9 Å². The van der Waals surface area contributed by atoms with Crippen LogP contribution < -0.4 is 0 Å². The minimum atomic E-state index is -0.586. The smallest absolute Gasteiger partial charge is 0.184 e. The van der Waals surface area contributed by atoms with Crippen molar-refractivity contribution < 1.29 is 8.78 Å². The number of halogens is 3. The molecule has 0 fully saturated rings. The molecule has 0 aliphatic rings. The molecule has 0 radical (unpaired) electrons. The van der Waals surface area contributed by atoms with E-state index in [1.165, 1.54) is 4.57 Å². The second-order valence-corrected chi connectivity index (χ2v) is 5.61. The minimum Gasteiger partial charge on any atom is -0.329 e. The number of aromatic amines is 1. The highest BCUT2D eigenvalue weighted by molar-refractivity contribution is 9.10. The Labute approximate surface area is 126 Å². The third-order valence-corrected chi connectivity index (χ3v) is 3.78. The third kappa shape index (κ3) is 2.06. The lowest BCUT2D eigenvalue weighted by Crippen LogP contribution is -2.00. The van der Waals surface area contributed by atoms with E-state index in [2.05, 4.69) is 25.9 Å². The average molecular weight is 356 g/mol. The SMILES string of the molecule is Cc1cnc2c(c1)[nH]c(=S)n2-c1cc(F)c(Br)cc1F. The fourth-order valence-corrected chi connectivity index (χ4v) is 2.62. The largest absolute Gasteiger partial charge is 0.329 e. The van der Waals surface area contributed by atoms with Gasteiger partial charge in [0.05, 0.1) is 15.7 Å². The van der Waals surface area contributed by atoms with Crippen LogP contribution in [0.15, 0.2) is 28.9 Å². The molecule has 1 N–H and O–H groups in total. The highest BCUT2D eigenvalue weighted by atomic mass is 79.9. The summed E-state index contributed by atoms with van der Waals surface area (Å²) >= 11 is 8.13. The molecule has 0 bridgehead atoms. The Balaban J connectivity index is 2.38. The second-order valence-electron chi connectivity index (χ2n) is 4.37. The Morgan fingerprint density at radius 3 is 2.75 bits per heavy atom. The molecule has 102 valence electrons. The zero-order valence-electron chi connectivity index (χ0n) is 10.2. The van der Waals surface area contributed by atoms with Gasteiger partial charge >= 0.3 is 0 Å². The number of aromatic nitrogens is 3. The van der Waals surface area contributed by atoms with Gasteiger partial charge in [0, 0.05) is 12.3 Å². The van der Waals surface area contributed by atoms with Crippen molar-refractivity contribution in [1.82, 2.24) is 14.5 Å². The summed E-state index contributed by atoms with van der Waals surface area (Å²) in [5.41, 5.74) is 2.11. The van der Waals surface area contributed by atoms with Crippen LogP contribution in [0, 0.1) is 23.3 Å². The monoisotopic (exact) mass is 355 g/mol. The molecule has 3 aromatic rings. The lowest BCUT2D eigenvalue weighted by atomic mass is 10.3. The van der Waals surface area contributed by atoms with Crippen LogP contribution in [0.2, 0.25) is 0 Å². The molecule has 0 aliphatic carbocycles. The molecule has 3 nitrogen and oxygen atoms in total. The van der Waals surface area contributed by atoms with Crippen molar-refractivity contribution in [1.29, 1.82) is 0 Å². The lowest BCUT2D eigenvalue weighted by molar-refractivity contribution is 0.587. The highest BCUT2D eigenvalue weighted by Crippen LogP contribution is 2.25. The summed E-state index contributed by atoms with van der Waals surface area (Å²) in [6.45, 7) is 1.89. The number of hydrogen-bond acceptors (Lipinski definition) is 2. The molecular weight excluding hydrogens is 348 g/mol. The Hall–Kier alpha value is -1.60. The van der Waals surface area contributed by atoms with E-state index < -0.39 is 11.6 Å². The van der Waals surface area contributed by atoms with Gasteiger partial charge in [0.25, 0.3) is 0 Å². The number of aryl methyl sites for hydroxylation is 1. The first kappa shape index (κ1) is 13.4. The summed E-state index contributed by atoms with van der Waals surface area (Å²) in [5.74, 6) is -1.15. The zero-order chi connectivity index (χ0) is 14.4. The van der Waals surface area contributed by atoms with Crippen molar-refractivity contribution in [3.05, 3.63) is 50.8 Å². The van der Waals surface area contributed by atoms with Gasteiger partial charge in [0.1, 0.15) is 11.6 Å². The van der Waals surface area contributed by atoms with E-state index in [0.29, 0.717) is 11.2 Å². The van der Waals surface area contributed by atoms with Gasteiger partial charge in [-0.25, -0.2) is 13.8 Å². The normalized spacial score (nSPS) is 11.2. The van der Waals surface area contributed by atoms with Gasteiger partial charge in [-0.15, -0.1) is 0 Å². The number of nitrogens with one attached hydrogen (secondary N) is 1. The fraction of sp³-hybridized carbons (Fsp3) is 0.0769. The van der Waals surface area contributed by atoms with Gasteiger partial charge in [-0.05, 0) is 52.8 Å². The second kappa shape index (κ2) is 4.75. The molecule has 2 aromatic heterocycles. The molecule has 20 heavy (non-hydrogen) atoms. The molecule has 0 saturated heterocycles. The van der Waals surface area contributed by atoms with Crippen molar-refractivity contribution in [2.45, 2.75) is 6.92 Å². The standard InChI is InChI=1S/C13H8BrF2N3S/c1-6-2-10-12(17-5-6)19(13(20)18-10)11-4-8(15)7(14)3-9(11)16/h2-5H,1H3,(H,18,20).